The number of amides is 1. The Bertz CT molecular complexity index is 1730. The molecule has 3 saturated heterocycles. The molecule has 7 nitrogen and oxygen atoms in total. The normalized spacial score (nSPS) is 20.5. The summed E-state index contributed by atoms with van der Waals surface area (Å²) >= 11 is 2.18. The van der Waals surface area contributed by atoms with Gasteiger partial charge in [-0.1, -0.05) is 12.1 Å². The molecule has 43 heavy (non-hydrogen) atoms. The highest BCUT2D eigenvalue weighted by molar-refractivity contribution is 14.1. The van der Waals surface area contributed by atoms with Crippen molar-refractivity contribution in [1.82, 2.24) is 19.8 Å². The van der Waals surface area contributed by atoms with Crippen LogP contribution in [-0.2, 0) is 6.54 Å². The van der Waals surface area contributed by atoms with E-state index in [2.05, 4.69) is 42.8 Å². The van der Waals surface area contributed by atoms with Gasteiger partial charge in [0, 0.05) is 57.3 Å². The highest BCUT2D eigenvalue weighted by Gasteiger charge is 2.38. The number of halogens is 3. The first-order valence-corrected chi connectivity index (χ1v) is 15.5. The smallest absolute Gasteiger partial charge is 0.253 e. The van der Waals surface area contributed by atoms with Gasteiger partial charge in [-0.2, -0.15) is 0 Å². The molecule has 5 heterocycles. The molecule has 0 aliphatic carbocycles. The Morgan fingerprint density at radius 2 is 1.77 bits per heavy atom. The van der Waals surface area contributed by atoms with Crippen LogP contribution in [-0.4, -0.2) is 64.1 Å². The van der Waals surface area contributed by atoms with E-state index in [-0.39, 0.29) is 29.8 Å². The van der Waals surface area contributed by atoms with E-state index in [9.17, 15) is 13.6 Å². The van der Waals surface area contributed by atoms with Gasteiger partial charge in [-0.05, 0) is 103 Å². The Morgan fingerprint density at radius 1 is 1.02 bits per heavy atom. The number of carbonyl (C=O) groups is 1. The van der Waals surface area contributed by atoms with Crippen molar-refractivity contribution < 1.29 is 13.6 Å². The molecule has 1 amide bonds. The summed E-state index contributed by atoms with van der Waals surface area (Å²) in [7, 11) is 1.92. The predicted molar refractivity (Wildman–Crippen MR) is 171 cm³/mol. The van der Waals surface area contributed by atoms with Crippen LogP contribution in [0.25, 0.3) is 11.3 Å². The zero-order chi connectivity index (χ0) is 29.7. The van der Waals surface area contributed by atoms with Gasteiger partial charge in [0.1, 0.15) is 11.6 Å². The van der Waals surface area contributed by atoms with Crippen molar-refractivity contribution in [2.24, 2.45) is 10.9 Å². The maximum Gasteiger partial charge on any atom is 0.253 e. The fraction of sp³-hybridized carbons (Fsp3) is 0.273. The molecule has 0 spiro atoms. The van der Waals surface area contributed by atoms with Crippen molar-refractivity contribution in [2.75, 3.05) is 32.0 Å². The summed E-state index contributed by atoms with van der Waals surface area (Å²) in [5.74, 6) is -0.363. The highest BCUT2D eigenvalue weighted by atomic mass is 127. The van der Waals surface area contributed by atoms with Crippen LogP contribution in [0.2, 0.25) is 0 Å². The molecular formula is C33H29F2IN6O. The van der Waals surface area contributed by atoms with Crippen molar-refractivity contribution in [3.63, 3.8) is 0 Å². The lowest BCUT2D eigenvalue weighted by Crippen LogP contribution is -2.57. The van der Waals surface area contributed by atoms with E-state index in [0.717, 1.165) is 52.9 Å². The standard InChI is InChI=1S/C33H29F2IN6O/c1-41(28-18-42-13-11-19(28)12-14-42)32(43)20-5-8-23(9-6-20)39-33-38-17-21-16-37-31(29-26(34)3-2-4-27(29)35)25-15-22(36)7-10-24(25)30(21)40-33/h2-10,15,17,19,28H,11-14,16,18H2,1H3,(H,38,39,40). The third kappa shape index (κ3) is 5.31. The van der Waals surface area contributed by atoms with E-state index < -0.39 is 11.6 Å². The molecule has 218 valence electrons. The maximum atomic E-state index is 14.9. The molecule has 0 saturated carbocycles. The lowest BCUT2D eigenvalue weighted by molar-refractivity contribution is 0.0162. The molecule has 0 radical (unpaired) electrons. The Morgan fingerprint density at radius 3 is 2.47 bits per heavy atom. The highest BCUT2D eigenvalue weighted by Crippen LogP contribution is 2.35. The van der Waals surface area contributed by atoms with E-state index in [4.69, 9.17) is 4.98 Å². The van der Waals surface area contributed by atoms with E-state index in [1.165, 1.54) is 18.2 Å². The molecule has 10 heteroatoms. The lowest BCUT2D eigenvalue weighted by atomic mass is 9.83. The average molecular weight is 691 g/mol. The molecule has 3 fully saturated rings. The molecule has 4 aliphatic rings. The maximum absolute atomic E-state index is 14.9. The van der Waals surface area contributed by atoms with Gasteiger partial charge in [-0.15, -0.1) is 0 Å². The van der Waals surface area contributed by atoms with Gasteiger partial charge in [-0.25, -0.2) is 18.7 Å². The van der Waals surface area contributed by atoms with E-state index in [1.807, 2.05) is 54.4 Å². The summed E-state index contributed by atoms with van der Waals surface area (Å²) in [6.07, 6.45) is 4.00. The minimum atomic E-state index is -0.667. The van der Waals surface area contributed by atoms with Crippen molar-refractivity contribution >= 4 is 45.8 Å². The minimum absolute atomic E-state index is 0.0277. The SMILES string of the molecule is CN(C(=O)c1ccc(Nc2ncc3c(n2)-c2ccc(I)cc2C(c2c(F)cccc2F)=NC3)cc1)C1CN2CCC1CC2. The topological polar surface area (TPSA) is 73.7 Å². The van der Waals surface area contributed by atoms with Gasteiger partial charge in [-0.3, -0.25) is 9.79 Å². The van der Waals surface area contributed by atoms with E-state index >= 15 is 0 Å². The van der Waals surface area contributed by atoms with E-state index in [0.29, 0.717) is 28.7 Å². The number of nitrogens with zero attached hydrogens (tertiary/aromatic N) is 5. The molecule has 2 bridgehead atoms. The Balaban J connectivity index is 1.14. The number of likely N-dealkylation sites (N-methyl/N-ethyl adjacent to an activating group) is 1. The average Bonchev–Trinajstić information content (AvgIpc) is 3.17. The number of hydrogen-bond acceptors (Lipinski definition) is 6. The number of aliphatic imine (C=N–C) groups is 1. The van der Waals surface area contributed by atoms with Crippen LogP contribution in [0.1, 0.15) is 39.9 Å². The number of rotatable bonds is 5. The molecule has 4 aromatic rings. The fourth-order valence-electron chi connectivity index (χ4n) is 6.47. The van der Waals surface area contributed by atoms with Crippen molar-refractivity contribution in [2.45, 2.75) is 25.4 Å². The van der Waals surface area contributed by atoms with Gasteiger partial charge in [0.25, 0.3) is 5.91 Å². The number of benzene rings is 3. The first-order valence-electron chi connectivity index (χ1n) is 14.4. The number of fused-ring (bicyclic) bond motifs is 6. The van der Waals surface area contributed by atoms with Gasteiger partial charge >= 0.3 is 0 Å². The van der Waals surface area contributed by atoms with Crippen LogP contribution >= 0.6 is 22.6 Å². The summed E-state index contributed by atoms with van der Waals surface area (Å²) in [4.78, 5) is 31.6. The number of nitrogens with one attached hydrogen (secondary N) is 1. The minimum Gasteiger partial charge on any atom is -0.337 e. The van der Waals surface area contributed by atoms with Gasteiger partial charge in [0.05, 0.1) is 23.5 Å². The summed E-state index contributed by atoms with van der Waals surface area (Å²) in [6, 6.07) is 17.1. The number of piperidine rings is 3. The largest absolute Gasteiger partial charge is 0.337 e. The van der Waals surface area contributed by atoms with E-state index in [1.54, 1.807) is 6.20 Å². The molecule has 1 atom stereocenters. The second-order valence-electron chi connectivity index (χ2n) is 11.3. The van der Waals surface area contributed by atoms with Crippen molar-refractivity contribution in [3.8, 4) is 11.3 Å². The van der Waals surface area contributed by atoms with Crippen LogP contribution in [0.5, 0.6) is 0 Å². The fourth-order valence-corrected chi connectivity index (χ4v) is 6.97. The Hall–Kier alpha value is -3.77. The zero-order valence-corrected chi connectivity index (χ0v) is 25.7. The summed E-state index contributed by atoms with van der Waals surface area (Å²) in [5.41, 5.74) is 4.19. The van der Waals surface area contributed by atoms with Crippen LogP contribution in [0.4, 0.5) is 20.4 Å². The second-order valence-corrected chi connectivity index (χ2v) is 12.6. The Labute approximate surface area is 262 Å². The number of hydrogen-bond donors (Lipinski definition) is 1. The van der Waals surface area contributed by atoms with Crippen molar-refractivity contribution in [3.05, 3.63) is 104 Å². The van der Waals surface area contributed by atoms with Crippen molar-refractivity contribution in [1.29, 1.82) is 0 Å². The molecule has 1 N–H and O–H groups in total. The van der Waals surface area contributed by atoms with Crippen LogP contribution in [0.15, 0.2) is 71.9 Å². The number of carbonyl (C=O) groups excluding carboxylic acids is 1. The molecule has 4 aliphatic heterocycles. The molecular weight excluding hydrogens is 661 g/mol. The van der Waals surface area contributed by atoms with Crippen LogP contribution in [0, 0.1) is 21.1 Å². The lowest BCUT2D eigenvalue weighted by Gasteiger charge is -2.48. The van der Waals surface area contributed by atoms with Gasteiger partial charge < -0.3 is 15.1 Å². The van der Waals surface area contributed by atoms with Crippen LogP contribution < -0.4 is 5.32 Å². The quantitative estimate of drug-likeness (QED) is 0.250. The first-order chi connectivity index (χ1) is 20.9. The third-order valence-electron chi connectivity index (χ3n) is 8.79. The predicted octanol–water partition coefficient (Wildman–Crippen LogP) is 6.29. The van der Waals surface area contributed by atoms with Gasteiger partial charge in [0.2, 0.25) is 5.95 Å². The molecule has 3 aromatic carbocycles. The molecule has 8 rings (SSSR count). The second kappa shape index (κ2) is 11.4. The summed E-state index contributed by atoms with van der Waals surface area (Å²) in [5, 5.41) is 3.25. The summed E-state index contributed by atoms with van der Waals surface area (Å²) in [6.45, 7) is 3.40. The number of aromatic nitrogens is 2. The monoisotopic (exact) mass is 690 g/mol. The first kappa shape index (κ1) is 28.0. The van der Waals surface area contributed by atoms with Crippen LogP contribution in [0.3, 0.4) is 0 Å². The Kier molecular flexibility index (Phi) is 7.42. The molecule has 1 unspecified atom stereocenters. The third-order valence-corrected chi connectivity index (χ3v) is 9.46. The summed E-state index contributed by atoms with van der Waals surface area (Å²) < 4.78 is 30.6. The molecule has 1 aromatic heterocycles. The van der Waals surface area contributed by atoms with Gasteiger partial charge in [0.15, 0.2) is 0 Å². The number of anilines is 2. The zero-order valence-electron chi connectivity index (χ0n) is 23.5.